The first-order valence-corrected chi connectivity index (χ1v) is 10.4. The lowest BCUT2D eigenvalue weighted by atomic mass is 9.58. The summed E-state index contributed by atoms with van der Waals surface area (Å²) in [6.07, 6.45) is 3.60. The molecule has 4 heterocycles. The van der Waals surface area contributed by atoms with E-state index in [0.717, 1.165) is 19.3 Å². The van der Waals surface area contributed by atoms with Crippen LogP contribution in [0.25, 0.3) is 0 Å². The Labute approximate surface area is 140 Å². The van der Waals surface area contributed by atoms with Gasteiger partial charge >= 0.3 is 0 Å². The summed E-state index contributed by atoms with van der Waals surface area (Å²) in [4.78, 5) is 11.8. The summed E-state index contributed by atoms with van der Waals surface area (Å²) in [5, 5.41) is 0. The molecule has 4 saturated heterocycles. The van der Waals surface area contributed by atoms with Crippen LogP contribution in [0.2, 0.25) is 0 Å². The first kappa shape index (κ1) is 16.5. The van der Waals surface area contributed by atoms with E-state index in [2.05, 4.69) is 13.8 Å². The summed E-state index contributed by atoms with van der Waals surface area (Å²) < 4.78 is 25.0. The minimum atomic E-state index is -1.00. The van der Waals surface area contributed by atoms with Crippen molar-refractivity contribution in [2.45, 2.75) is 76.5 Å². The first-order valence-electron chi connectivity index (χ1n) is 8.98. The van der Waals surface area contributed by atoms with Crippen molar-refractivity contribution in [2.75, 3.05) is 5.75 Å². The molecule has 5 aliphatic rings. The Kier molecular flexibility index (Phi) is 3.93. The molecule has 1 saturated carbocycles. The Morgan fingerprint density at radius 2 is 1.91 bits per heavy atom. The minimum Gasteiger partial charge on any atom is -0.332 e. The molecule has 0 radical (unpaired) electrons. The topological polar surface area (TPSA) is 54.0 Å². The summed E-state index contributed by atoms with van der Waals surface area (Å²) in [6, 6.07) is 0. The summed E-state index contributed by atoms with van der Waals surface area (Å²) in [7, 11) is -1.00. The zero-order chi connectivity index (χ0) is 16.4. The predicted octanol–water partition coefficient (Wildman–Crippen LogP) is 2.96. The first-order chi connectivity index (χ1) is 10.9. The number of hydrogen-bond donors (Lipinski definition) is 0. The monoisotopic (exact) mass is 344 g/mol. The zero-order valence-corrected chi connectivity index (χ0v) is 15.3. The quantitative estimate of drug-likeness (QED) is 0.721. The molecule has 1 aliphatic carbocycles. The maximum absolute atomic E-state index is 12.5. The highest BCUT2D eigenvalue weighted by molar-refractivity contribution is 7.85. The molecule has 5 nitrogen and oxygen atoms in total. The van der Waals surface area contributed by atoms with E-state index in [-0.39, 0.29) is 17.3 Å². The molecule has 0 N–H and O–H groups in total. The highest BCUT2D eigenvalue weighted by Gasteiger charge is 2.69. The Balaban J connectivity index is 1.77. The Bertz CT molecular complexity index is 513. The fraction of sp³-hybridized carbons (Fsp3) is 1.00. The second-order valence-electron chi connectivity index (χ2n) is 7.94. The highest BCUT2D eigenvalue weighted by atomic mass is 32.2. The van der Waals surface area contributed by atoms with Crippen molar-refractivity contribution in [1.29, 1.82) is 0 Å². The third-order valence-corrected chi connectivity index (χ3v) is 8.27. The van der Waals surface area contributed by atoms with Crippen LogP contribution in [0.3, 0.4) is 0 Å². The maximum atomic E-state index is 12.5. The molecule has 5 rings (SSSR count). The molecule has 0 amide bonds. The van der Waals surface area contributed by atoms with Crippen molar-refractivity contribution in [1.82, 2.24) is 0 Å². The number of rotatable bonds is 2. The van der Waals surface area contributed by atoms with Crippen LogP contribution in [0.4, 0.5) is 0 Å². The third-order valence-electron chi connectivity index (χ3n) is 6.64. The van der Waals surface area contributed by atoms with Crippen LogP contribution in [0, 0.1) is 23.7 Å². The molecule has 23 heavy (non-hydrogen) atoms. The molecule has 1 unspecified atom stereocenters. The van der Waals surface area contributed by atoms with Crippen LogP contribution in [-0.4, -0.2) is 33.1 Å². The normalized spacial score (nSPS) is 56.7. The van der Waals surface area contributed by atoms with Gasteiger partial charge in [0.25, 0.3) is 0 Å². The van der Waals surface area contributed by atoms with Gasteiger partial charge in [0.2, 0.25) is 5.79 Å². The largest absolute Gasteiger partial charge is 0.332 e. The third kappa shape index (κ3) is 2.21. The SMILES string of the molecule is CCS(=O)[C@H]1O[C@@H]2O[C@@]3(C)CC[C@H]4[C@H](C)CC[C@@H]([C@H]1C)[C@@]24OO3. The molecule has 132 valence electrons. The lowest BCUT2D eigenvalue weighted by Gasteiger charge is -2.60. The van der Waals surface area contributed by atoms with Gasteiger partial charge in [-0.15, -0.1) is 0 Å². The van der Waals surface area contributed by atoms with E-state index in [1.807, 2.05) is 13.8 Å². The van der Waals surface area contributed by atoms with Gasteiger partial charge in [0, 0.05) is 24.0 Å². The van der Waals surface area contributed by atoms with Gasteiger partial charge in [-0.25, -0.2) is 9.78 Å². The van der Waals surface area contributed by atoms with Gasteiger partial charge < -0.3 is 9.47 Å². The standard InChI is InChI=1S/C17H28O5S/c1-5-23(18)14-11(3)13-7-6-10(2)12-8-9-16(4)20-15(19-14)17(12,13)22-21-16/h10-15H,5-9H2,1-4H3/t10-,11-,12+,13+,14-,15-,16-,17-,23?/m1/s1. The second kappa shape index (κ2) is 5.49. The lowest BCUT2D eigenvalue weighted by Crippen LogP contribution is -2.70. The van der Waals surface area contributed by atoms with Crippen molar-refractivity contribution in [3.63, 3.8) is 0 Å². The molecule has 4 aliphatic heterocycles. The van der Waals surface area contributed by atoms with E-state index in [0.29, 0.717) is 17.6 Å². The van der Waals surface area contributed by atoms with Crippen LogP contribution in [0.15, 0.2) is 0 Å². The molecule has 0 aromatic carbocycles. The predicted molar refractivity (Wildman–Crippen MR) is 85.5 cm³/mol. The number of hydrogen-bond acceptors (Lipinski definition) is 5. The van der Waals surface area contributed by atoms with Crippen molar-refractivity contribution in [3.8, 4) is 0 Å². The molecule has 0 aromatic heterocycles. The van der Waals surface area contributed by atoms with Crippen molar-refractivity contribution >= 4 is 10.8 Å². The fourth-order valence-corrected chi connectivity index (χ4v) is 6.56. The van der Waals surface area contributed by atoms with Crippen LogP contribution in [-0.2, 0) is 30.0 Å². The smallest absolute Gasteiger partial charge is 0.201 e. The highest BCUT2D eigenvalue weighted by Crippen LogP contribution is 2.60. The Morgan fingerprint density at radius 1 is 1.13 bits per heavy atom. The van der Waals surface area contributed by atoms with Crippen molar-refractivity contribution in [2.24, 2.45) is 23.7 Å². The van der Waals surface area contributed by atoms with Crippen LogP contribution in [0.5, 0.6) is 0 Å². The molecule has 2 bridgehead atoms. The lowest BCUT2D eigenvalue weighted by molar-refractivity contribution is -0.568. The summed E-state index contributed by atoms with van der Waals surface area (Å²) in [5.74, 6) is 1.23. The zero-order valence-electron chi connectivity index (χ0n) is 14.4. The molecular weight excluding hydrogens is 316 g/mol. The molecule has 9 atom stereocenters. The van der Waals surface area contributed by atoms with Gasteiger partial charge in [0.15, 0.2) is 11.9 Å². The van der Waals surface area contributed by atoms with Gasteiger partial charge in [-0.2, -0.15) is 0 Å². The van der Waals surface area contributed by atoms with Gasteiger partial charge in [-0.3, -0.25) is 4.21 Å². The fourth-order valence-electron chi connectivity index (χ4n) is 5.34. The summed E-state index contributed by atoms with van der Waals surface area (Å²) in [6.45, 7) is 8.33. The van der Waals surface area contributed by atoms with E-state index in [9.17, 15) is 4.21 Å². The Hall–Kier alpha value is -0.0100. The van der Waals surface area contributed by atoms with E-state index in [1.54, 1.807) is 0 Å². The van der Waals surface area contributed by atoms with Gasteiger partial charge in [0.1, 0.15) is 5.44 Å². The minimum absolute atomic E-state index is 0.177. The molecule has 5 fully saturated rings. The van der Waals surface area contributed by atoms with Gasteiger partial charge in [-0.05, 0) is 38.0 Å². The number of ether oxygens (including phenoxy) is 2. The maximum Gasteiger partial charge on any atom is 0.201 e. The molecule has 6 heteroatoms. The summed E-state index contributed by atoms with van der Waals surface area (Å²) >= 11 is 0. The second-order valence-corrected chi connectivity index (χ2v) is 9.75. The van der Waals surface area contributed by atoms with E-state index >= 15 is 0 Å². The molecule has 0 aromatic rings. The van der Waals surface area contributed by atoms with E-state index in [4.69, 9.17) is 19.2 Å². The molecular formula is C17H28O5S. The van der Waals surface area contributed by atoms with Crippen molar-refractivity contribution < 1.29 is 23.5 Å². The average molecular weight is 344 g/mol. The van der Waals surface area contributed by atoms with Crippen molar-refractivity contribution in [3.05, 3.63) is 0 Å². The molecule has 1 spiro atoms. The van der Waals surface area contributed by atoms with E-state index < -0.39 is 28.5 Å². The van der Waals surface area contributed by atoms with Crippen LogP contribution >= 0.6 is 0 Å². The van der Waals surface area contributed by atoms with Gasteiger partial charge in [-0.1, -0.05) is 20.8 Å². The summed E-state index contributed by atoms with van der Waals surface area (Å²) in [5.41, 5.74) is -0.817. The van der Waals surface area contributed by atoms with E-state index in [1.165, 1.54) is 6.42 Å². The van der Waals surface area contributed by atoms with Crippen LogP contribution in [0.1, 0.15) is 53.4 Å². The Morgan fingerprint density at radius 3 is 2.65 bits per heavy atom. The number of fused-ring (bicyclic) bond motifs is 2. The van der Waals surface area contributed by atoms with Gasteiger partial charge in [0.05, 0.1) is 10.8 Å². The van der Waals surface area contributed by atoms with Crippen LogP contribution < -0.4 is 0 Å². The average Bonchev–Trinajstić information content (AvgIpc) is 2.76.